The number of alkyl halides is 3. The maximum Gasteiger partial charge on any atom is 0.416 e. The van der Waals surface area contributed by atoms with Crippen LogP contribution in [0, 0.1) is 5.41 Å². The van der Waals surface area contributed by atoms with Crippen LogP contribution < -0.4 is 5.32 Å². The average molecular weight is 785 g/mol. The lowest BCUT2D eigenvalue weighted by Crippen LogP contribution is -2.09. The van der Waals surface area contributed by atoms with Crippen molar-refractivity contribution < 1.29 is 13.2 Å². The molecule has 0 fully saturated rings. The number of anilines is 1. The Morgan fingerprint density at radius 3 is 1.75 bits per heavy atom. The largest absolute Gasteiger partial charge is 0.416 e. The molecule has 7 heteroatoms. The summed E-state index contributed by atoms with van der Waals surface area (Å²) in [6.45, 7) is 0.360. The quantitative estimate of drug-likeness (QED) is 0.155. The van der Waals surface area contributed by atoms with Crippen molar-refractivity contribution in [1.82, 2.24) is 9.13 Å². The van der Waals surface area contributed by atoms with Crippen molar-refractivity contribution >= 4 is 76.6 Å². The van der Waals surface area contributed by atoms with Gasteiger partial charge < -0.3 is 14.5 Å². The molecule has 288 valence electrons. The molecule has 0 amide bonds. The van der Waals surface area contributed by atoms with Gasteiger partial charge in [-0.2, -0.15) is 13.2 Å². The van der Waals surface area contributed by atoms with Crippen molar-refractivity contribution in [3.8, 4) is 11.4 Å². The van der Waals surface area contributed by atoms with Gasteiger partial charge >= 0.3 is 6.18 Å². The predicted octanol–water partition coefficient (Wildman–Crippen LogP) is 14.2. The van der Waals surface area contributed by atoms with Crippen molar-refractivity contribution in [2.75, 3.05) is 5.32 Å². The molecule has 0 bridgehead atoms. The Hall–Kier alpha value is -7.64. The molecule has 2 heterocycles. The van der Waals surface area contributed by atoms with Gasteiger partial charge in [-0.05, 0) is 88.5 Å². The maximum atomic E-state index is 13.6. The molecule has 4 nitrogen and oxygen atoms in total. The summed E-state index contributed by atoms with van der Waals surface area (Å²) in [6, 6.07) is 61.9. The van der Waals surface area contributed by atoms with E-state index in [0.717, 1.165) is 88.8 Å². The van der Waals surface area contributed by atoms with E-state index in [1.54, 1.807) is 6.07 Å². The zero-order valence-corrected chi connectivity index (χ0v) is 32.1. The van der Waals surface area contributed by atoms with E-state index >= 15 is 0 Å². The molecule has 0 aliphatic rings. The number of nitrogens with one attached hydrogen (secondary N) is 2. The monoisotopic (exact) mass is 784 g/mol. The van der Waals surface area contributed by atoms with E-state index in [2.05, 4.69) is 118 Å². The van der Waals surface area contributed by atoms with Crippen LogP contribution >= 0.6 is 0 Å². The summed E-state index contributed by atoms with van der Waals surface area (Å²) in [5.41, 5.74) is 9.28. The topological polar surface area (TPSA) is 45.7 Å². The van der Waals surface area contributed by atoms with E-state index in [9.17, 15) is 18.6 Å². The number of nitrogens with zero attached hydrogens (tertiary/aromatic N) is 2. The van der Waals surface area contributed by atoms with Gasteiger partial charge in [-0.3, -0.25) is 5.41 Å². The Kier molecular flexibility index (Phi) is 8.13. The van der Waals surface area contributed by atoms with Gasteiger partial charge in [0.2, 0.25) is 0 Å². The second-order valence-electron chi connectivity index (χ2n) is 15.3. The van der Waals surface area contributed by atoms with E-state index in [1.165, 1.54) is 22.9 Å². The molecular formula is C53H35F3N4. The Morgan fingerprint density at radius 2 is 1.05 bits per heavy atom. The van der Waals surface area contributed by atoms with Crippen LogP contribution in [0.15, 0.2) is 188 Å². The summed E-state index contributed by atoms with van der Waals surface area (Å²) in [5.74, 6) is 0. The number of benzene rings is 9. The molecule has 2 N–H and O–H groups in total. The van der Waals surface area contributed by atoms with Crippen molar-refractivity contribution in [3.63, 3.8) is 0 Å². The molecular weight excluding hydrogens is 750 g/mol. The maximum absolute atomic E-state index is 13.6. The number of rotatable bonds is 7. The first kappa shape index (κ1) is 35.5. The minimum atomic E-state index is -4.42. The van der Waals surface area contributed by atoms with E-state index in [-0.39, 0.29) is 0 Å². The van der Waals surface area contributed by atoms with Crippen LogP contribution in [0.5, 0.6) is 0 Å². The SMILES string of the molecule is N=C(c1cccc(-n2c3ccccc3c3cc(-n4c5ccccc5c5ccccc54)ccc32)c1)c1ccc2ccccc2c1NCc1ccc2ccc(C(F)(F)F)cc2c1. The molecule has 0 saturated heterocycles. The van der Waals surface area contributed by atoms with Gasteiger partial charge in [0.25, 0.3) is 0 Å². The highest BCUT2D eigenvalue weighted by atomic mass is 19.4. The Bertz CT molecular complexity index is 3460. The lowest BCUT2D eigenvalue weighted by atomic mass is 9.96. The third-order valence-electron chi connectivity index (χ3n) is 11.8. The van der Waals surface area contributed by atoms with Crippen molar-refractivity contribution in [3.05, 3.63) is 210 Å². The molecule has 0 spiro atoms. The highest BCUT2D eigenvalue weighted by molar-refractivity contribution is 6.18. The summed E-state index contributed by atoms with van der Waals surface area (Å²) in [7, 11) is 0. The van der Waals surface area contributed by atoms with Crippen LogP contribution in [0.4, 0.5) is 18.9 Å². The first-order valence-corrected chi connectivity index (χ1v) is 19.9. The fraction of sp³-hybridized carbons (Fsp3) is 0.0377. The standard InChI is InChI=1S/C53H35F3N4/c54-53(55,56)38-24-22-34-21-20-33(28-37(34)29-38)32-58-52-41-13-2-1-10-35(41)23-26-45(52)51(57)36-11-9-12-39(30-36)59-49-19-8-5-16-44(49)46-31-40(25-27-50(46)59)60-47-17-6-3-14-42(47)43-15-4-7-18-48(43)60/h1-31,57-58H,32H2. The van der Waals surface area contributed by atoms with Gasteiger partial charge in [-0.25, -0.2) is 0 Å². The molecule has 2 aromatic heterocycles. The molecule has 0 radical (unpaired) electrons. The van der Waals surface area contributed by atoms with Crippen molar-refractivity contribution in [2.24, 2.45) is 0 Å². The van der Waals surface area contributed by atoms with Crippen LogP contribution in [0.3, 0.4) is 0 Å². The first-order valence-electron chi connectivity index (χ1n) is 19.9. The van der Waals surface area contributed by atoms with Gasteiger partial charge in [0.05, 0.1) is 39.0 Å². The minimum Gasteiger partial charge on any atom is -0.380 e. The molecule has 0 saturated carbocycles. The van der Waals surface area contributed by atoms with Crippen LogP contribution in [-0.4, -0.2) is 14.8 Å². The Morgan fingerprint density at radius 1 is 0.467 bits per heavy atom. The zero-order valence-electron chi connectivity index (χ0n) is 32.1. The third kappa shape index (κ3) is 5.81. The van der Waals surface area contributed by atoms with Gasteiger partial charge in [0.1, 0.15) is 0 Å². The van der Waals surface area contributed by atoms with Crippen LogP contribution in [0.1, 0.15) is 22.3 Å². The zero-order chi connectivity index (χ0) is 40.5. The number of hydrogen-bond acceptors (Lipinski definition) is 2. The Labute approximate surface area is 342 Å². The summed E-state index contributed by atoms with van der Waals surface area (Å²) < 4.78 is 45.3. The number of aromatic nitrogens is 2. The van der Waals surface area contributed by atoms with Gasteiger partial charge in [-0.1, -0.05) is 121 Å². The predicted molar refractivity (Wildman–Crippen MR) is 241 cm³/mol. The lowest BCUT2D eigenvalue weighted by molar-refractivity contribution is -0.137. The van der Waals surface area contributed by atoms with Crippen molar-refractivity contribution in [2.45, 2.75) is 12.7 Å². The molecule has 0 atom stereocenters. The number of halogens is 3. The van der Waals surface area contributed by atoms with Gasteiger partial charge in [0.15, 0.2) is 0 Å². The van der Waals surface area contributed by atoms with E-state index in [4.69, 9.17) is 0 Å². The van der Waals surface area contributed by atoms with Crippen LogP contribution in [0.25, 0.3) is 76.5 Å². The number of hydrogen-bond donors (Lipinski definition) is 2. The molecule has 11 aromatic rings. The fourth-order valence-corrected chi connectivity index (χ4v) is 8.98. The minimum absolute atomic E-state index is 0.354. The normalized spacial score (nSPS) is 12.1. The number of fused-ring (bicyclic) bond motifs is 8. The second-order valence-corrected chi connectivity index (χ2v) is 15.3. The van der Waals surface area contributed by atoms with Gasteiger partial charge in [0, 0.05) is 56.0 Å². The highest BCUT2D eigenvalue weighted by Crippen LogP contribution is 2.38. The summed E-state index contributed by atoms with van der Waals surface area (Å²) >= 11 is 0. The molecule has 0 aliphatic heterocycles. The average Bonchev–Trinajstić information content (AvgIpc) is 3.80. The first-order chi connectivity index (χ1) is 29.3. The fourth-order valence-electron chi connectivity index (χ4n) is 8.98. The third-order valence-corrected chi connectivity index (χ3v) is 11.8. The Balaban J connectivity index is 0.987. The summed E-state index contributed by atoms with van der Waals surface area (Å²) in [4.78, 5) is 0. The van der Waals surface area contributed by atoms with Crippen LogP contribution in [0.2, 0.25) is 0 Å². The smallest absolute Gasteiger partial charge is 0.380 e. The molecule has 11 rings (SSSR count). The van der Waals surface area contributed by atoms with Crippen LogP contribution in [-0.2, 0) is 12.7 Å². The van der Waals surface area contributed by atoms with Gasteiger partial charge in [-0.15, -0.1) is 0 Å². The summed E-state index contributed by atoms with van der Waals surface area (Å²) in [5, 5.41) is 21.2. The van der Waals surface area contributed by atoms with E-state index in [0.29, 0.717) is 17.6 Å². The molecule has 60 heavy (non-hydrogen) atoms. The van der Waals surface area contributed by atoms with Crippen molar-refractivity contribution in [1.29, 1.82) is 5.41 Å². The lowest BCUT2D eigenvalue weighted by Gasteiger charge is -2.17. The second kappa shape index (κ2) is 13.7. The van der Waals surface area contributed by atoms with E-state index < -0.39 is 11.7 Å². The molecule has 0 aliphatic carbocycles. The number of para-hydroxylation sites is 3. The highest BCUT2D eigenvalue weighted by Gasteiger charge is 2.30. The molecule has 0 unspecified atom stereocenters. The molecule has 9 aromatic carbocycles. The van der Waals surface area contributed by atoms with E-state index in [1.807, 2.05) is 60.7 Å². The summed E-state index contributed by atoms with van der Waals surface area (Å²) in [6.07, 6.45) is -4.42.